The summed E-state index contributed by atoms with van der Waals surface area (Å²) >= 11 is 0. The van der Waals surface area contributed by atoms with Gasteiger partial charge in [-0.3, -0.25) is 0 Å². The maximum Gasteiger partial charge on any atom is 0.231 e. The molecule has 1 N–H and O–H groups in total. The Bertz CT molecular complexity index is 575. The van der Waals surface area contributed by atoms with Crippen molar-refractivity contribution in [1.29, 1.82) is 0 Å². The van der Waals surface area contributed by atoms with Gasteiger partial charge in [-0.05, 0) is 29.8 Å². The second-order valence-corrected chi connectivity index (χ2v) is 3.89. The lowest BCUT2D eigenvalue weighted by atomic mass is 10.2. The molecule has 92 valence electrons. The molecule has 2 aromatic rings. The van der Waals surface area contributed by atoms with E-state index in [-0.39, 0.29) is 6.79 Å². The molecule has 1 aliphatic heterocycles. The third kappa shape index (κ3) is 2.20. The molecule has 4 nitrogen and oxygen atoms in total. The van der Waals surface area contributed by atoms with Gasteiger partial charge in [-0.15, -0.1) is 0 Å². The van der Waals surface area contributed by atoms with E-state index in [2.05, 4.69) is 10.3 Å². The Balaban J connectivity index is 1.70. The van der Waals surface area contributed by atoms with E-state index in [1.807, 2.05) is 18.2 Å². The third-order valence-corrected chi connectivity index (χ3v) is 2.63. The lowest BCUT2D eigenvalue weighted by Gasteiger charge is -2.06. The van der Waals surface area contributed by atoms with Crippen LogP contribution in [0.4, 0.5) is 10.2 Å². The van der Waals surface area contributed by atoms with Crippen molar-refractivity contribution in [1.82, 2.24) is 4.98 Å². The van der Waals surface area contributed by atoms with Crippen LogP contribution in [0.25, 0.3) is 0 Å². The minimum Gasteiger partial charge on any atom is -0.454 e. The van der Waals surface area contributed by atoms with Gasteiger partial charge < -0.3 is 14.8 Å². The smallest absolute Gasteiger partial charge is 0.231 e. The number of nitrogens with zero attached hydrogens (tertiary/aromatic N) is 1. The van der Waals surface area contributed by atoms with Gasteiger partial charge in [-0.1, -0.05) is 12.1 Å². The summed E-state index contributed by atoms with van der Waals surface area (Å²) < 4.78 is 23.4. The zero-order valence-electron chi connectivity index (χ0n) is 9.52. The van der Waals surface area contributed by atoms with Gasteiger partial charge in [0.1, 0.15) is 5.82 Å². The van der Waals surface area contributed by atoms with Crippen LogP contribution < -0.4 is 14.8 Å². The van der Waals surface area contributed by atoms with E-state index < -0.39 is 5.95 Å². The Labute approximate surface area is 103 Å². The van der Waals surface area contributed by atoms with Crippen LogP contribution >= 0.6 is 0 Å². The number of rotatable bonds is 3. The van der Waals surface area contributed by atoms with E-state index >= 15 is 0 Å². The summed E-state index contributed by atoms with van der Waals surface area (Å²) in [7, 11) is 0. The molecular formula is C13H11FN2O2. The topological polar surface area (TPSA) is 43.4 Å². The number of ether oxygens (including phenoxy) is 2. The van der Waals surface area contributed by atoms with Crippen LogP contribution in [0, 0.1) is 5.95 Å². The van der Waals surface area contributed by atoms with Crippen LogP contribution in [0.3, 0.4) is 0 Å². The summed E-state index contributed by atoms with van der Waals surface area (Å²) in [4.78, 5) is 3.73. The first-order valence-corrected chi connectivity index (χ1v) is 5.56. The van der Waals surface area contributed by atoms with Gasteiger partial charge in [0.15, 0.2) is 11.5 Å². The van der Waals surface area contributed by atoms with E-state index in [1.165, 1.54) is 6.07 Å². The van der Waals surface area contributed by atoms with Gasteiger partial charge in [0, 0.05) is 6.54 Å². The number of hydrogen-bond acceptors (Lipinski definition) is 4. The van der Waals surface area contributed by atoms with E-state index in [4.69, 9.17) is 9.47 Å². The maximum absolute atomic E-state index is 12.9. The fourth-order valence-corrected chi connectivity index (χ4v) is 1.75. The summed E-state index contributed by atoms with van der Waals surface area (Å²) in [6.45, 7) is 0.810. The Morgan fingerprint density at radius 3 is 2.94 bits per heavy atom. The number of fused-ring (bicyclic) bond motifs is 1. The molecule has 18 heavy (non-hydrogen) atoms. The van der Waals surface area contributed by atoms with Crippen LogP contribution in [0.1, 0.15) is 5.56 Å². The second-order valence-electron chi connectivity index (χ2n) is 3.89. The summed E-state index contributed by atoms with van der Waals surface area (Å²) in [6, 6.07) is 10.3. The first-order valence-electron chi connectivity index (χ1n) is 5.56. The Morgan fingerprint density at radius 2 is 2.06 bits per heavy atom. The van der Waals surface area contributed by atoms with Gasteiger partial charge >= 0.3 is 0 Å². The molecular weight excluding hydrogens is 235 g/mol. The molecule has 2 heterocycles. The van der Waals surface area contributed by atoms with Crippen molar-refractivity contribution in [2.24, 2.45) is 0 Å². The molecule has 0 radical (unpaired) electrons. The highest BCUT2D eigenvalue weighted by atomic mass is 19.1. The molecule has 0 saturated heterocycles. The fourth-order valence-electron chi connectivity index (χ4n) is 1.75. The summed E-state index contributed by atoms with van der Waals surface area (Å²) in [5.74, 6) is 1.50. The molecule has 0 bridgehead atoms. The number of hydrogen-bond donors (Lipinski definition) is 1. The molecule has 0 aliphatic carbocycles. The summed E-state index contributed by atoms with van der Waals surface area (Å²) in [6.07, 6.45) is 0. The van der Waals surface area contributed by atoms with Crippen molar-refractivity contribution in [2.75, 3.05) is 12.1 Å². The van der Waals surface area contributed by atoms with E-state index in [1.54, 1.807) is 12.1 Å². The van der Waals surface area contributed by atoms with Crippen molar-refractivity contribution in [2.45, 2.75) is 6.54 Å². The van der Waals surface area contributed by atoms with Crippen molar-refractivity contribution in [3.05, 3.63) is 47.9 Å². The average Bonchev–Trinajstić information content (AvgIpc) is 2.84. The van der Waals surface area contributed by atoms with Gasteiger partial charge in [0.25, 0.3) is 0 Å². The Hall–Kier alpha value is -2.30. The molecule has 3 rings (SSSR count). The molecule has 1 aromatic carbocycles. The van der Waals surface area contributed by atoms with Crippen molar-refractivity contribution in [3.8, 4) is 11.5 Å². The zero-order chi connectivity index (χ0) is 12.4. The number of anilines is 1. The molecule has 0 atom stereocenters. The number of aromatic nitrogens is 1. The Morgan fingerprint density at radius 1 is 1.17 bits per heavy atom. The van der Waals surface area contributed by atoms with E-state index in [0.717, 1.165) is 17.1 Å². The van der Waals surface area contributed by atoms with Crippen molar-refractivity contribution >= 4 is 5.82 Å². The highest BCUT2D eigenvalue weighted by Gasteiger charge is 2.12. The quantitative estimate of drug-likeness (QED) is 0.845. The monoisotopic (exact) mass is 246 g/mol. The average molecular weight is 246 g/mol. The summed E-state index contributed by atoms with van der Waals surface area (Å²) in [5, 5.41) is 3.05. The third-order valence-electron chi connectivity index (χ3n) is 2.63. The predicted molar refractivity (Wildman–Crippen MR) is 64.1 cm³/mol. The number of nitrogens with one attached hydrogen (secondary N) is 1. The SMILES string of the molecule is Fc1cccc(NCc2ccc3c(c2)OCO3)n1. The zero-order valence-corrected chi connectivity index (χ0v) is 9.52. The predicted octanol–water partition coefficient (Wildman–Crippen LogP) is 2.56. The normalized spacial score (nSPS) is 12.5. The molecule has 5 heteroatoms. The van der Waals surface area contributed by atoms with Gasteiger partial charge in [-0.2, -0.15) is 4.39 Å². The Kier molecular flexibility index (Phi) is 2.72. The molecule has 0 saturated carbocycles. The van der Waals surface area contributed by atoms with Crippen LogP contribution in [0.15, 0.2) is 36.4 Å². The van der Waals surface area contributed by atoms with Gasteiger partial charge in [0.2, 0.25) is 12.7 Å². The lowest BCUT2D eigenvalue weighted by Crippen LogP contribution is -2.01. The molecule has 0 amide bonds. The molecule has 1 aromatic heterocycles. The van der Waals surface area contributed by atoms with Crippen LogP contribution in [-0.4, -0.2) is 11.8 Å². The van der Waals surface area contributed by atoms with Crippen molar-refractivity contribution in [3.63, 3.8) is 0 Å². The van der Waals surface area contributed by atoms with Gasteiger partial charge in [-0.25, -0.2) is 4.98 Å². The minimum absolute atomic E-state index is 0.262. The van der Waals surface area contributed by atoms with Crippen molar-refractivity contribution < 1.29 is 13.9 Å². The largest absolute Gasteiger partial charge is 0.454 e. The van der Waals surface area contributed by atoms with Crippen LogP contribution in [-0.2, 0) is 6.54 Å². The molecule has 1 aliphatic rings. The molecule has 0 unspecified atom stereocenters. The lowest BCUT2D eigenvalue weighted by molar-refractivity contribution is 0.174. The summed E-state index contributed by atoms with van der Waals surface area (Å²) in [5.41, 5.74) is 1.02. The number of benzene rings is 1. The van der Waals surface area contributed by atoms with E-state index in [0.29, 0.717) is 12.4 Å². The highest BCUT2D eigenvalue weighted by Crippen LogP contribution is 2.32. The van der Waals surface area contributed by atoms with Crippen LogP contribution in [0.5, 0.6) is 11.5 Å². The first-order chi connectivity index (χ1) is 8.81. The van der Waals surface area contributed by atoms with Gasteiger partial charge in [0.05, 0.1) is 0 Å². The molecule has 0 spiro atoms. The number of halogens is 1. The fraction of sp³-hybridized carbons (Fsp3) is 0.154. The molecule has 0 fully saturated rings. The van der Waals surface area contributed by atoms with Crippen LogP contribution in [0.2, 0.25) is 0 Å². The standard InChI is InChI=1S/C13H11FN2O2/c14-12-2-1-3-13(16-12)15-7-9-4-5-10-11(6-9)18-8-17-10/h1-6H,7-8H2,(H,15,16). The first kappa shape index (κ1) is 10.8. The van der Waals surface area contributed by atoms with E-state index in [9.17, 15) is 4.39 Å². The number of pyridine rings is 1. The maximum atomic E-state index is 12.9. The highest BCUT2D eigenvalue weighted by molar-refractivity contribution is 5.45. The minimum atomic E-state index is -0.495. The second kappa shape index (κ2) is 4.52.